The Morgan fingerprint density at radius 3 is 2.50 bits per heavy atom. The van der Waals surface area contributed by atoms with Crippen molar-refractivity contribution < 1.29 is 19.7 Å². The highest BCUT2D eigenvalue weighted by molar-refractivity contribution is 6.18. The standard InChI is InChI=1S/C5H11ClO4/c6-5(8)10-4-3-9-2-1-7/h5,7-8H,1-4H2. The number of halogens is 1. The first-order valence-corrected chi connectivity index (χ1v) is 3.33. The zero-order chi connectivity index (χ0) is 7.82. The molecule has 10 heavy (non-hydrogen) atoms. The lowest BCUT2D eigenvalue weighted by Crippen LogP contribution is -2.11. The van der Waals surface area contributed by atoms with Gasteiger partial charge in [-0.3, -0.25) is 0 Å². The molecular formula is C5H11ClO4. The van der Waals surface area contributed by atoms with Gasteiger partial charge in [0, 0.05) is 0 Å². The molecule has 0 radical (unpaired) electrons. The van der Waals surface area contributed by atoms with Crippen LogP contribution in [0.3, 0.4) is 0 Å². The van der Waals surface area contributed by atoms with Crippen LogP contribution < -0.4 is 0 Å². The molecule has 0 saturated heterocycles. The van der Waals surface area contributed by atoms with Crippen molar-refractivity contribution in [2.45, 2.75) is 5.75 Å². The Balaban J connectivity index is 2.77. The fourth-order valence-corrected chi connectivity index (χ4v) is 0.460. The highest BCUT2D eigenvalue weighted by atomic mass is 35.5. The Hall–Kier alpha value is 0.130. The van der Waals surface area contributed by atoms with Crippen LogP contribution in [0.1, 0.15) is 0 Å². The van der Waals surface area contributed by atoms with E-state index in [1.165, 1.54) is 0 Å². The van der Waals surface area contributed by atoms with Crippen molar-refractivity contribution in [2.24, 2.45) is 0 Å². The number of hydrogen-bond acceptors (Lipinski definition) is 4. The molecule has 0 heterocycles. The molecule has 0 aliphatic heterocycles. The molecule has 4 nitrogen and oxygen atoms in total. The molecule has 0 aromatic rings. The minimum Gasteiger partial charge on any atom is -0.394 e. The van der Waals surface area contributed by atoms with Crippen LogP contribution in [0.25, 0.3) is 0 Å². The van der Waals surface area contributed by atoms with Crippen LogP contribution in [0.15, 0.2) is 0 Å². The Bertz CT molecular complexity index is 68.7. The van der Waals surface area contributed by atoms with Gasteiger partial charge >= 0.3 is 0 Å². The molecule has 0 spiro atoms. The average Bonchev–Trinajstić information content (AvgIpc) is 1.87. The number of hydrogen-bond donors (Lipinski definition) is 2. The zero-order valence-electron chi connectivity index (χ0n) is 5.49. The predicted molar refractivity (Wildman–Crippen MR) is 35.7 cm³/mol. The number of aliphatic hydroxyl groups excluding tert-OH is 2. The van der Waals surface area contributed by atoms with Gasteiger partial charge in [-0.15, -0.1) is 0 Å². The molecule has 0 fully saturated rings. The van der Waals surface area contributed by atoms with Crippen molar-refractivity contribution in [2.75, 3.05) is 26.4 Å². The summed E-state index contributed by atoms with van der Waals surface area (Å²) in [6, 6.07) is 0. The molecular weight excluding hydrogens is 160 g/mol. The van der Waals surface area contributed by atoms with E-state index < -0.39 is 5.75 Å². The third-order valence-electron chi connectivity index (χ3n) is 0.719. The predicted octanol–water partition coefficient (Wildman–Crippen LogP) is -0.473. The van der Waals surface area contributed by atoms with Gasteiger partial charge in [-0.1, -0.05) is 11.6 Å². The fraction of sp³-hybridized carbons (Fsp3) is 1.00. The molecule has 0 amide bonds. The molecule has 0 aromatic carbocycles. The number of rotatable bonds is 6. The van der Waals surface area contributed by atoms with E-state index in [2.05, 4.69) is 4.74 Å². The maximum Gasteiger partial charge on any atom is 0.234 e. The van der Waals surface area contributed by atoms with Crippen LogP contribution in [0.2, 0.25) is 0 Å². The number of alkyl halides is 1. The van der Waals surface area contributed by atoms with Gasteiger partial charge in [0.1, 0.15) is 0 Å². The van der Waals surface area contributed by atoms with Crippen molar-refractivity contribution in [1.82, 2.24) is 0 Å². The first kappa shape index (κ1) is 10.1. The summed E-state index contributed by atoms with van der Waals surface area (Å²) in [7, 11) is 0. The summed E-state index contributed by atoms with van der Waals surface area (Å²) in [5.41, 5.74) is 0. The Labute approximate surface area is 64.3 Å². The number of ether oxygens (including phenoxy) is 2. The minimum atomic E-state index is -1.27. The molecule has 1 atom stereocenters. The Morgan fingerprint density at radius 2 is 2.00 bits per heavy atom. The molecule has 62 valence electrons. The van der Waals surface area contributed by atoms with E-state index in [0.29, 0.717) is 6.61 Å². The third kappa shape index (κ3) is 8.13. The zero-order valence-corrected chi connectivity index (χ0v) is 6.25. The largest absolute Gasteiger partial charge is 0.394 e. The monoisotopic (exact) mass is 170 g/mol. The second-order valence-corrected chi connectivity index (χ2v) is 1.87. The second-order valence-electron chi connectivity index (χ2n) is 1.50. The van der Waals surface area contributed by atoms with E-state index >= 15 is 0 Å². The van der Waals surface area contributed by atoms with Crippen LogP contribution in [0, 0.1) is 0 Å². The topological polar surface area (TPSA) is 58.9 Å². The van der Waals surface area contributed by atoms with E-state index in [0.717, 1.165) is 0 Å². The van der Waals surface area contributed by atoms with E-state index in [1.54, 1.807) is 0 Å². The Kier molecular flexibility index (Phi) is 7.33. The summed E-state index contributed by atoms with van der Waals surface area (Å²) < 4.78 is 9.29. The van der Waals surface area contributed by atoms with E-state index in [-0.39, 0.29) is 19.8 Å². The Morgan fingerprint density at radius 1 is 1.30 bits per heavy atom. The highest BCUT2D eigenvalue weighted by Gasteiger charge is 1.94. The SMILES string of the molecule is OCCOCCOC(O)Cl. The summed E-state index contributed by atoms with van der Waals surface area (Å²) in [6.07, 6.45) is 0. The van der Waals surface area contributed by atoms with Crippen LogP contribution in [0.5, 0.6) is 0 Å². The smallest absolute Gasteiger partial charge is 0.234 e. The minimum absolute atomic E-state index is 0.0105. The lowest BCUT2D eigenvalue weighted by Gasteiger charge is -2.04. The highest BCUT2D eigenvalue weighted by Crippen LogP contribution is 1.90. The van der Waals surface area contributed by atoms with Crippen LogP contribution in [-0.2, 0) is 9.47 Å². The van der Waals surface area contributed by atoms with Crippen molar-refractivity contribution in [1.29, 1.82) is 0 Å². The lowest BCUT2D eigenvalue weighted by molar-refractivity contribution is -0.0612. The molecule has 0 rings (SSSR count). The van der Waals surface area contributed by atoms with Crippen molar-refractivity contribution in [3.8, 4) is 0 Å². The maximum absolute atomic E-state index is 8.35. The van der Waals surface area contributed by atoms with Gasteiger partial charge in [0.25, 0.3) is 0 Å². The van der Waals surface area contributed by atoms with Gasteiger partial charge in [-0.2, -0.15) is 0 Å². The summed E-state index contributed by atoms with van der Waals surface area (Å²) in [6.45, 7) is 0.820. The van der Waals surface area contributed by atoms with Crippen molar-refractivity contribution >= 4 is 11.6 Å². The second kappa shape index (κ2) is 7.24. The summed E-state index contributed by atoms with van der Waals surface area (Å²) >= 11 is 5.02. The molecule has 5 heteroatoms. The van der Waals surface area contributed by atoms with Crippen molar-refractivity contribution in [3.63, 3.8) is 0 Å². The summed E-state index contributed by atoms with van der Waals surface area (Å²) in [4.78, 5) is 0. The first-order valence-electron chi connectivity index (χ1n) is 2.89. The molecule has 0 bridgehead atoms. The summed E-state index contributed by atoms with van der Waals surface area (Å²) in [5.74, 6) is -1.27. The fourth-order valence-electron chi connectivity index (χ4n) is 0.371. The molecule has 0 aliphatic carbocycles. The van der Waals surface area contributed by atoms with E-state index in [4.69, 9.17) is 26.6 Å². The third-order valence-corrected chi connectivity index (χ3v) is 0.845. The van der Waals surface area contributed by atoms with Crippen LogP contribution >= 0.6 is 11.6 Å². The van der Waals surface area contributed by atoms with Crippen LogP contribution in [-0.4, -0.2) is 42.4 Å². The van der Waals surface area contributed by atoms with Gasteiger partial charge in [0.05, 0.1) is 26.4 Å². The maximum atomic E-state index is 8.35. The van der Waals surface area contributed by atoms with Gasteiger partial charge < -0.3 is 19.7 Å². The average molecular weight is 171 g/mol. The van der Waals surface area contributed by atoms with Gasteiger partial charge in [-0.25, -0.2) is 0 Å². The van der Waals surface area contributed by atoms with E-state index in [1.807, 2.05) is 0 Å². The van der Waals surface area contributed by atoms with Gasteiger partial charge in [0.2, 0.25) is 5.75 Å². The summed E-state index contributed by atoms with van der Waals surface area (Å²) in [5, 5.41) is 16.6. The van der Waals surface area contributed by atoms with Gasteiger partial charge in [-0.05, 0) is 0 Å². The van der Waals surface area contributed by atoms with Crippen molar-refractivity contribution in [3.05, 3.63) is 0 Å². The number of aliphatic hydroxyl groups is 2. The molecule has 0 aliphatic rings. The molecule has 0 aromatic heterocycles. The lowest BCUT2D eigenvalue weighted by atomic mass is 10.7. The van der Waals surface area contributed by atoms with Crippen LogP contribution in [0.4, 0.5) is 0 Å². The van der Waals surface area contributed by atoms with Gasteiger partial charge in [0.15, 0.2) is 0 Å². The molecule has 1 unspecified atom stereocenters. The quantitative estimate of drug-likeness (QED) is 0.321. The molecule has 2 N–H and O–H groups in total. The first-order chi connectivity index (χ1) is 4.77. The van der Waals surface area contributed by atoms with E-state index in [9.17, 15) is 0 Å². The molecule has 0 saturated carbocycles. The normalized spacial score (nSPS) is 13.5.